The van der Waals surface area contributed by atoms with Crippen LogP contribution in [0.15, 0.2) is 42.5 Å². The van der Waals surface area contributed by atoms with Crippen molar-refractivity contribution >= 4 is 16.6 Å². The highest BCUT2D eigenvalue weighted by atomic mass is 16.5. The number of hydrogen-bond acceptors (Lipinski definition) is 3. The van der Waals surface area contributed by atoms with Gasteiger partial charge in [0.2, 0.25) is 0 Å². The van der Waals surface area contributed by atoms with Crippen molar-refractivity contribution in [2.45, 2.75) is 0 Å². The van der Waals surface area contributed by atoms with Crippen LogP contribution in [-0.2, 0) is 4.79 Å². The van der Waals surface area contributed by atoms with Crippen LogP contribution in [0.4, 0.5) is 0 Å². The molecule has 1 N–H and O–H groups in total. The molecule has 0 aliphatic rings. The predicted molar refractivity (Wildman–Crippen MR) is 61.5 cm³/mol. The molecule has 0 heterocycles. The van der Waals surface area contributed by atoms with E-state index in [0.29, 0.717) is 5.75 Å². The molecule has 0 amide bonds. The Kier molecular flexibility index (Phi) is 3.17. The van der Waals surface area contributed by atoms with E-state index < -0.39 is 6.61 Å². The summed E-state index contributed by atoms with van der Waals surface area (Å²) in [6.45, 7) is -0.567. The summed E-state index contributed by atoms with van der Waals surface area (Å²) in [5.74, 6) is 0.314. The number of ketones is 1. The molecule has 0 aliphatic carbocycles. The number of aliphatic hydroxyl groups excluding tert-OH is 1. The van der Waals surface area contributed by atoms with Crippen molar-refractivity contribution in [3.8, 4) is 5.75 Å². The molecule has 2 aromatic carbocycles. The minimum Gasteiger partial charge on any atom is -0.486 e. The van der Waals surface area contributed by atoms with Crippen LogP contribution in [0, 0.1) is 0 Å². The number of Topliss-reactive ketones (excluding diaryl/α,β-unsaturated/α-hetero) is 1. The fourth-order valence-electron chi connectivity index (χ4n) is 1.47. The van der Waals surface area contributed by atoms with Crippen molar-refractivity contribution in [1.29, 1.82) is 0 Å². The average molecular weight is 216 g/mol. The summed E-state index contributed by atoms with van der Waals surface area (Å²) in [5.41, 5.74) is 0. The number of carbonyl (C=O) groups is 1. The normalized spacial score (nSPS) is 10.3. The highest BCUT2D eigenvalue weighted by Crippen LogP contribution is 2.20. The SMILES string of the molecule is O=C(CO)COc1ccc2ccccc2c1. The zero-order valence-electron chi connectivity index (χ0n) is 8.72. The van der Waals surface area contributed by atoms with E-state index in [0.717, 1.165) is 10.8 Å². The van der Waals surface area contributed by atoms with E-state index >= 15 is 0 Å². The van der Waals surface area contributed by atoms with Gasteiger partial charge in [0.05, 0.1) is 0 Å². The van der Waals surface area contributed by atoms with Crippen molar-refractivity contribution in [2.24, 2.45) is 0 Å². The minimum atomic E-state index is -0.479. The number of benzene rings is 2. The van der Waals surface area contributed by atoms with Gasteiger partial charge in [-0.15, -0.1) is 0 Å². The number of ether oxygens (including phenoxy) is 1. The third kappa shape index (κ3) is 2.38. The van der Waals surface area contributed by atoms with Crippen molar-refractivity contribution < 1.29 is 14.6 Å². The maximum absolute atomic E-state index is 10.9. The molecule has 3 heteroatoms. The molecule has 2 rings (SSSR count). The molecular weight excluding hydrogens is 204 g/mol. The molecule has 0 radical (unpaired) electrons. The smallest absolute Gasteiger partial charge is 0.195 e. The Hall–Kier alpha value is -1.87. The van der Waals surface area contributed by atoms with E-state index in [1.807, 2.05) is 42.5 Å². The van der Waals surface area contributed by atoms with Crippen LogP contribution in [0.1, 0.15) is 0 Å². The molecule has 0 atom stereocenters. The molecule has 0 aliphatic heterocycles. The molecule has 0 spiro atoms. The zero-order valence-corrected chi connectivity index (χ0v) is 8.72. The monoisotopic (exact) mass is 216 g/mol. The summed E-state index contributed by atoms with van der Waals surface area (Å²) in [4.78, 5) is 10.9. The summed E-state index contributed by atoms with van der Waals surface area (Å²) < 4.78 is 5.26. The second-order valence-corrected chi connectivity index (χ2v) is 3.49. The van der Waals surface area contributed by atoms with E-state index in [4.69, 9.17) is 9.84 Å². The molecule has 0 aromatic heterocycles. The van der Waals surface area contributed by atoms with Gasteiger partial charge in [0.25, 0.3) is 0 Å². The zero-order chi connectivity index (χ0) is 11.4. The standard InChI is InChI=1S/C13H12O3/c14-8-12(15)9-16-13-6-5-10-3-1-2-4-11(10)7-13/h1-7,14H,8-9H2. The molecule has 0 saturated heterocycles. The molecule has 0 saturated carbocycles. The topological polar surface area (TPSA) is 46.5 Å². The molecule has 0 fully saturated rings. The summed E-state index contributed by atoms with van der Waals surface area (Å²) in [6, 6.07) is 13.5. The second-order valence-electron chi connectivity index (χ2n) is 3.49. The number of rotatable bonds is 4. The highest BCUT2D eigenvalue weighted by molar-refractivity contribution is 5.84. The van der Waals surface area contributed by atoms with Gasteiger partial charge in [-0.2, -0.15) is 0 Å². The first kappa shape index (κ1) is 10.6. The van der Waals surface area contributed by atoms with Crippen LogP contribution in [0.2, 0.25) is 0 Å². The summed E-state index contributed by atoms with van der Waals surface area (Å²) in [6.07, 6.45) is 0. The van der Waals surface area contributed by atoms with Crippen LogP contribution in [0.25, 0.3) is 10.8 Å². The summed E-state index contributed by atoms with van der Waals surface area (Å²) >= 11 is 0. The number of carbonyl (C=O) groups excluding carboxylic acids is 1. The molecule has 0 bridgehead atoms. The fraction of sp³-hybridized carbons (Fsp3) is 0.154. The third-order valence-electron chi connectivity index (χ3n) is 2.30. The van der Waals surface area contributed by atoms with Crippen LogP contribution < -0.4 is 4.74 Å². The molecule has 82 valence electrons. The van der Waals surface area contributed by atoms with Crippen molar-refractivity contribution in [3.63, 3.8) is 0 Å². The van der Waals surface area contributed by atoms with Gasteiger partial charge >= 0.3 is 0 Å². The Balaban J connectivity index is 2.16. The first-order valence-electron chi connectivity index (χ1n) is 5.04. The lowest BCUT2D eigenvalue weighted by Crippen LogP contribution is -2.14. The van der Waals surface area contributed by atoms with Crippen LogP contribution in [0.5, 0.6) is 5.75 Å². The largest absolute Gasteiger partial charge is 0.486 e. The number of aliphatic hydroxyl groups is 1. The minimum absolute atomic E-state index is 0.0885. The van der Waals surface area contributed by atoms with E-state index in [2.05, 4.69) is 0 Å². The first-order chi connectivity index (χ1) is 7.79. The van der Waals surface area contributed by atoms with Crippen LogP contribution in [-0.4, -0.2) is 24.1 Å². The Morgan fingerprint density at radius 2 is 1.88 bits per heavy atom. The highest BCUT2D eigenvalue weighted by Gasteiger charge is 2.01. The maximum Gasteiger partial charge on any atom is 0.195 e. The molecule has 2 aromatic rings. The Morgan fingerprint density at radius 3 is 2.62 bits per heavy atom. The Labute approximate surface area is 93.3 Å². The third-order valence-corrected chi connectivity index (χ3v) is 2.30. The van der Waals surface area contributed by atoms with Gasteiger partial charge in [0.1, 0.15) is 19.0 Å². The summed E-state index contributed by atoms with van der Waals surface area (Å²) in [5, 5.41) is 10.7. The lowest BCUT2D eigenvalue weighted by molar-refractivity contribution is -0.123. The fourth-order valence-corrected chi connectivity index (χ4v) is 1.47. The van der Waals surface area contributed by atoms with Gasteiger partial charge in [0.15, 0.2) is 5.78 Å². The van der Waals surface area contributed by atoms with Crippen molar-refractivity contribution in [1.82, 2.24) is 0 Å². The molecular formula is C13H12O3. The van der Waals surface area contributed by atoms with Crippen LogP contribution in [0.3, 0.4) is 0 Å². The number of hydrogen-bond donors (Lipinski definition) is 1. The van der Waals surface area contributed by atoms with Gasteiger partial charge in [-0.05, 0) is 22.9 Å². The van der Waals surface area contributed by atoms with E-state index in [1.54, 1.807) is 0 Å². The van der Waals surface area contributed by atoms with Crippen molar-refractivity contribution in [2.75, 3.05) is 13.2 Å². The lowest BCUT2D eigenvalue weighted by Gasteiger charge is -2.05. The molecule has 16 heavy (non-hydrogen) atoms. The van der Waals surface area contributed by atoms with Gasteiger partial charge in [-0.3, -0.25) is 4.79 Å². The molecule has 0 unspecified atom stereocenters. The van der Waals surface area contributed by atoms with E-state index in [-0.39, 0.29) is 12.4 Å². The van der Waals surface area contributed by atoms with Crippen LogP contribution >= 0.6 is 0 Å². The van der Waals surface area contributed by atoms with Crippen molar-refractivity contribution in [3.05, 3.63) is 42.5 Å². The van der Waals surface area contributed by atoms with Gasteiger partial charge in [-0.25, -0.2) is 0 Å². The quantitative estimate of drug-likeness (QED) is 0.847. The Bertz CT molecular complexity index is 505. The lowest BCUT2D eigenvalue weighted by atomic mass is 10.1. The van der Waals surface area contributed by atoms with E-state index in [9.17, 15) is 4.79 Å². The van der Waals surface area contributed by atoms with E-state index in [1.165, 1.54) is 0 Å². The maximum atomic E-state index is 10.9. The summed E-state index contributed by atoms with van der Waals surface area (Å²) in [7, 11) is 0. The Morgan fingerprint density at radius 1 is 1.12 bits per heavy atom. The van der Waals surface area contributed by atoms with Gasteiger partial charge in [0, 0.05) is 0 Å². The van der Waals surface area contributed by atoms with Gasteiger partial charge < -0.3 is 9.84 Å². The number of fused-ring (bicyclic) bond motifs is 1. The van der Waals surface area contributed by atoms with Gasteiger partial charge in [-0.1, -0.05) is 30.3 Å². The predicted octanol–water partition coefficient (Wildman–Crippen LogP) is 1.78. The first-order valence-corrected chi connectivity index (χ1v) is 5.04. The average Bonchev–Trinajstić information content (AvgIpc) is 2.35. The second kappa shape index (κ2) is 4.77. The molecule has 3 nitrogen and oxygen atoms in total.